The largest absolute Gasteiger partial charge is 0.461 e. The number of nitrogens with zero attached hydrogens (tertiary/aromatic N) is 3. The van der Waals surface area contributed by atoms with Crippen molar-refractivity contribution in [3.63, 3.8) is 0 Å². The smallest absolute Gasteiger partial charge is 0.173 e. The number of hydrogen-bond donors (Lipinski definition) is 2. The van der Waals surface area contributed by atoms with Crippen LogP contribution in [0, 0.1) is 6.92 Å². The zero-order chi connectivity index (χ0) is 22.1. The number of nitrogens with one attached hydrogen (secondary N) is 2. The molecule has 5 rings (SSSR count). The van der Waals surface area contributed by atoms with Gasteiger partial charge in [0.15, 0.2) is 5.11 Å². The fourth-order valence-electron chi connectivity index (χ4n) is 4.57. The van der Waals surface area contributed by atoms with Crippen LogP contribution in [0.1, 0.15) is 29.7 Å². The molecular formula is C25H29N5OS. The second-order valence-corrected chi connectivity index (χ2v) is 9.14. The van der Waals surface area contributed by atoms with E-state index >= 15 is 0 Å². The summed E-state index contributed by atoms with van der Waals surface area (Å²) in [4.78, 5) is 4.60. The Bertz CT molecular complexity index is 1250. The number of aryl methyl sites for hydroxylation is 1. The number of anilines is 1. The van der Waals surface area contributed by atoms with Gasteiger partial charge in [0, 0.05) is 48.2 Å². The summed E-state index contributed by atoms with van der Waals surface area (Å²) in [6, 6.07) is 12.7. The van der Waals surface area contributed by atoms with E-state index in [1.807, 2.05) is 12.3 Å². The number of fused-ring (bicyclic) bond motifs is 2. The van der Waals surface area contributed by atoms with E-state index < -0.39 is 0 Å². The molecule has 3 heterocycles. The van der Waals surface area contributed by atoms with E-state index in [4.69, 9.17) is 16.6 Å². The van der Waals surface area contributed by atoms with E-state index in [0.29, 0.717) is 0 Å². The number of aromatic amines is 1. The lowest BCUT2D eigenvalue weighted by Crippen LogP contribution is -2.31. The maximum atomic E-state index is 6.05. The van der Waals surface area contributed by atoms with Gasteiger partial charge in [-0.05, 0) is 81.3 Å². The number of rotatable bonds is 6. The highest BCUT2D eigenvalue weighted by Gasteiger charge is 2.16. The first-order valence-electron chi connectivity index (χ1n) is 11.3. The maximum absolute atomic E-state index is 6.05. The molecule has 0 unspecified atom stereocenters. The minimum Gasteiger partial charge on any atom is -0.461 e. The van der Waals surface area contributed by atoms with Crippen LogP contribution in [-0.2, 0) is 13.0 Å². The number of aromatic nitrogens is 2. The van der Waals surface area contributed by atoms with Gasteiger partial charge in [0.1, 0.15) is 11.3 Å². The molecule has 166 valence electrons. The van der Waals surface area contributed by atoms with E-state index in [9.17, 15) is 0 Å². The number of thiocarbonyl (C=S) groups is 1. The monoisotopic (exact) mass is 447 g/mol. The van der Waals surface area contributed by atoms with Gasteiger partial charge < -0.3 is 19.5 Å². The van der Waals surface area contributed by atoms with Crippen LogP contribution < -0.4 is 5.32 Å². The summed E-state index contributed by atoms with van der Waals surface area (Å²) in [7, 11) is 2.17. The van der Waals surface area contributed by atoms with Crippen molar-refractivity contribution in [2.75, 3.05) is 32.0 Å². The molecule has 4 aromatic rings. The van der Waals surface area contributed by atoms with Crippen LogP contribution in [0.25, 0.3) is 21.9 Å². The molecule has 0 saturated carbocycles. The summed E-state index contributed by atoms with van der Waals surface area (Å²) in [5.41, 5.74) is 5.59. The van der Waals surface area contributed by atoms with Crippen molar-refractivity contribution in [1.82, 2.24) is 20.0 Å². The van der Waals surface area contributed by atoms with Crippen molar-refractivity contribution in [3.05, 3.63) is 59.5 Å². The van der Waals surface area contributed by atoms with Crippen molar-refractivity contribution >= 4 is 44.9 Å². The predicted octanol–water partition coefficient (Wildman–Crippen LogP) is 5.08. The first-order chi connectivity index (χ1) is 15.6. The Morgan fingerprint density at radius 3 is 2.91 bits per heavy atom. The molecule has 2 N–H and O–H groups in total. The molecule has 0 bridgehead atoms. The van der Waals surface area contributed by atoms with Crippen LogP contribution in [0.15, 0.2) is 47.0 Å². The van der Waals surface area contributed by atoms with Crippen LogP contribution in [0.3, 0.4) is 0 Å². The lowest BCUT2D eigenvalue weighted by atomic mass is 10.1. The van der Waals surface area contributed by atoms with Crippen molar-refractivity contribution in [2.45, 2.75) is 32.7 Å². The van der Waals surface area contributed by atoms with Crippen molar-refractivity contribution in [2.24, 2.45) is 0 Å². The molecule has 1 aliphatic rings. The molecule has 1 saturated heterocycles. The molecule has 6 nitrogen and oxygen atoms in total. The van der Waals surface area contributed by atoms with Gasteiger partial charge >= 0.3 is 0 Å². The first-order valence-corrected chi connectivity index (χ1v) is 11.7. The molecule has 1 aliphatic heterocycles. The van der Waals surface area contributed by atoms with Crippen LogP contribution in [-0.4, -0.2) is 51.8 Å². The van der Waals surface area contributed by atoms with Crippen molar-refractivity contribution in [1.29, 1.82) is 0 Å². The SMILES string of the molecule is Cc1oc2ccc(NC(=S)N3CCCC3)cc2c1CCN(C)Cc1ccc2[nH]ncc2c1. The Morgan fingerprint density at radius 2 is 2.06 bits per heavy atom. The second kappa shape index (κ2) is 8.92. The highest BCUT2D eigenvalue weighted by Crippen LogP contribution is 2.29. The van der Waals surface area contributed by atoms with E-state index in [1.54, 1.807) is 0 Å². The Labute approximate surface area is 193 Å². The van der Waals surface area contributed by atoms with Crippen LogP contribution in [0.2, 0.25) is 0 Å². The van der Waals surface area contributed by atoms with Crippen molar-refractivity contribution < 1.29 is 4.42 Å². The minimum atomic E-state index is 0.818. The van der Waals surface area contributed by atoms with Gasteiger partial charge in [-0.15, -0.1) is 0 Å². The van der Waals surface area contributed by atoms with Gasteiger partial charge in [0.25, 0.3) is 0 Å². The molecule has 2 aromatic heterocycles. The molecule has 2 aromatic carbocycles. The number of likely N-dealkylation sites (N-methyl/N-ethyl adjacent to an activating group) is 1. The molecule has 1 fully saturated rings. The van der Waals surface area contributed by atoms with E-state index in [1.165, 1.54) is 29.4 Å². The van der Waals surface area contributed by atoms with Crippen LogP contribution in [0.5, 0.6) is 0 Å². The number of H-pyrrole nitrogens is 1. The number of likely N-dealkylation sites (tertiary alicyclic amines) is 1. The van der Waals surface area contributed by atoms with Gasteiger partial charge in [-0.1, -0.05) is 6.07 Å². The fourth-order valence-corrected chi connectivity index (χ4v) is 4.87. The lowest BCUT2D eigenvalue weighted by molar-refractivity contribution is 0.331. The highest BCUT2D eigenvalue weighted by atomic mass is 32.1. The molecular weight excluding hydrogens is 418 g/mol. The van der Waals surface area contributed by atoms with Crippen LogP contribution in [0.4, 0.5) is 5.69 Å². The predicted molar refractivity (Wildman–Crippen MR) is 134 cm³/mol. The number of hydrogen-bond acceptors (Lipinski definition) is 4. The Balaban J connectivity index is 1.27. The highest BCUT2D eigenvalue weighted by molar-refractivity contribution is 7.80. The standard InChI is InChI=1S/C25H29N5OS/c1-17-21(9-12-29(2)16-18-5-7-23-19(13-18)15-26-28-23)22-14-20(6-8-24(22)31-17)27-25(32)30-10-3-4-11-30/h5-8,13-15H,3-4,9-12,16H2,1-2H3,(H,26,28)(H,27,32). The zero-order valence-electron chi connectivity index (χ0n) is 18.6. The molecule has 0 spiro atoms. The summed E-state index contributed by atoms with van der Waals surface area (Å²) < 4.78 is 6.05. The summed E-state index contributed by atoms with van der Waals surface area (Å²) in [6.45, 7) is 5.99. The average molecular weight is 448 g/mol. The lowest BCUT2D eigenvalue weighted by Gasteiger charge is -2.19. The third-order valence-electron chi connectivity index (χ3n) is 6.34. The molecule has 0 aliphatic carbocycles. The van der Waals surface area contributed by atoms with Gasteiger partial charge in [-0.25, -0.2) is 0 Å². The summed E-state index contributed by atoms with van der Waals surface area (Å²) in [6.07, 6.45) is 5.24. The third-order valence-corrected chi connectivity index (χ3v) is 6.70. The number of furan rings is 1. The summed E-state index contributed by atoms with van der Waals surface area (Å²) >= 11 is 5.61. The molecule has 32 heavy (non-hydrogen) atoms. The van der Waals surface area contributed by atoms with E-state index in [2.05, 4.69) is 69.6 Å². The van der Waals surface area contributed by atoms with Crippen molar-refractivity contribution in [3.8, 4) is 0 Å². The quantitative estimate of drug-likeness (QED) is 0.402. The normalized spacial score (nSPS) is 14.2. The topological polar surface area (TPSA) is 60.3 Å². The first kappa shape index (κ1) is 21.0. The minimum absolute atomic E-state index is 0.818. The van der Waals surface area contributed by atoms with Gasteiger partial charge in [-0.3, -0.25) is 5.10 Å². The van der Waals surface area contributed by atoms with E-state index in [-0.39, 0.29) is 0 Å². The Kier molecular flexibility index (Phi) is 5.85. The maximum Gasteiger partial charge on any atom is 0.173 e. The molecule has 0 radical (unpaired) electrons. The van der Waals surface area contributed by atoms with Gasteiger partial charge in [0.05, 0.1) is 11.7 Å². The third kappa shape index (κ3) is 4.36. The Hall–Kier alpha value is -2.90. The number of benzene rings is 2. The summed E-state index contributed by atoms with van der Waals surface area (Å²) in [5.74, 6) is 0.993. The van der Waals surface area contributed by atoms with Gasteiger partial charge in [0.2, 0.25) is 0 Å². The fraction of sp³-hybridized carbons (Fsp3) is 0.360. The molecule has 0 atom stereocenters. The second-order valence-electron chi connectivity index (χ2n) is 8.75. The Morgan fingerprint density at radius 1 is 1.22 bits per heavy atom. The molecule has 7 heteroatoms. The van der Waals surface area contributed by atoms with Crippen LogP contribution >= 0.6 is 12.2 Å². The zero-order valence-corrected chi connectivity index (χ0v) is 19.5. The summed E-state index contributed by atoms with van der Waals surface area (Å²) in [5, 5.41) is 13.7. The average Bonchev–Trinajstić information content (AvgIpc) is 3.52. The van der Waals surface area contributed by atoms with E-state index in [0.717, 1.165) is 65.6 Å². The van der Waals surface area contributed by atoms with Gasteiger partial charge in [-0.2, -0.15) is 5.10 Å². The molecule has 0 amide bonds.